The van der Waals surface area contributed by atoms with Crippen LogP contribution >= 0.6 is 11.6 Å². The summed E-state index contributed by atoms with van der Waals surface area (Å²) in [6, 6.07) is 20.4. The van der Waals surface area contributed by atoms with Crippen molar-refractivity contribution in [3.8, 4) is 5.75 Å². The first-order chi connectivity index (χ1) is 13.0. The highest BCUT2D eigenvalue weighted by Gasteiger charge is 2.13. The lowest BCUT2D eigenvalue weighted by atomic mass is 10.1. The van der Waals surface area contributed by atoms with Crippen LogP contribution < -0.4 is 10.6 Å². The van der Waals surface area contributed by atoms with Crippen LogP contribution in [0.2, 0.25) is 5.02 Å². The zero-order chi connectivity index (χ0) is 19.2. The molecule has 0 spiro atoms. The lowest BCUT2D eigenvalue weighted by molar-refractivity contribution is 0.0949. The molecule has 3 rings (SSSR count). The van der Waals surface area contributed by atoms with Crippen LogP contribution in [0.15, 0.2) is 72.8 Å². The van der Waals surface area contributed by atoms with Crippen LogP contribution in [-0.2, 0) is 6.54 Å². The van der Waals surface area contributed by atoms with Crippen molar-refractivity contribution in [3.63, 3.8) is 0 Å². The summed E-state index contributed by atoms with van der Waals surface area (Å²) in [5.41, 5.74) is 1.96. The quantitative estimate of drug-likeness (QED) is 0.619. The molecule has 27 heavy (non-hydrogen) atoms. The largest absolute Gasteiger partial charge is 0.507 e. The maximum absolute atomic E-state index is 12.3. The Bertz CT molecular complexity index is 974. The van der Waals surface area contributed by atoms with Crippen molar-refractivity contribution in [1.82, 2.24) is 5.32 Å². The van der Waals surface area contributed by atoms with E-state index in [0.717, 1.165) is 5.56 Å². The topological polar surface area (TPSA) is 78.4 Å². The van der Waals surface area contributed by atoms with Crippen LogP contribution in [0.5, 0.6) is 5.75 Å². The van der Waals surface area contributed by atoms with Crippen LogP contribution in [0.25, 0.3) is 0 Å². The number of carbonyl (C=O) groups is 2. The van der Waals surface area contributed by atoms with Gasteiger partial charge in [0.15, 0.2) is 0 Å². The molecular formula is C21H17ClN2O3. The fourth-order valence-corrected chi connectivity index (χ4v) is 2.68. The summed E-state index contributed by atoms with van der Waals surface area (Å²) in [7, 11) is 0. The number of rotatable bonds is 5. The van der Waals surface area contributed by atoms with Crippen molar-refractivity contribution in [1.29, 1.82) is 0 Å². The smallest absolute Gasteiger partial charge is 0.259 e. The second kappa shape index (κ2) is 8.38. The van der Waals surface area contributed by atoms with Crippen molar-refractivity contribution in [2.45, 2.75) is 6.54 Å². The summed E-state index contributed by atoms with van der Waals surface area (Å²) in [5.74, 6) is -0.952. The van der Waals surface area contributed by atoms with Gasteiger partial charge in [-0.2, -0.15) is 0 Å². The van der Waals surface area contributed by atoms with Gasteiger partial charge in [-0.25, -0.2) is 0 Å². The number of carbonyl (C=O) groups excluding carboxylic acids is 2. The van der Waals surface area contributed by atoms with Gasteiger partial charge >= 0.3 is 0 Å². The molecule has 0 unspecified atom stereocenters. The molecular weight excluding hydrogens is 364 g/mol. The molecule has 3 N–H and O–H groups in total. The van der Waals surface area contributed by atoms with E-state index in [-0.39, 0.29) is 17.2 Å². The zero-order valence-electron chi connectivity index (χ0n) is 14.3. The molecule has 0 aliphatic heterocycles. The van der Waals surface area contributed by atoms with E-state index in [0.29, 0.717) is 22.8 Å². The molecule has 0 heterocycles. The molecule has 0 saturated carbocycles. The van der Waals surface area contributed by atoms with E-state index in [2.05, 4.69) is 10.6 Å². The number of amides is 2. The average Bonchev–Trinajstić information content (AvgIpc) is 2.67. The number of halogens is 1. The zero-order valence-corrected chi connectivity index (χ0v) is 15.0. The van der Waals surface area contributed by atoms with Gasteiger partial charge in [0, 0.05) is 22.8 Å². The van der Waals surface area contributed by atoms with Gasteiger partial charge in [0.2, 0.25) is 0 Å². The van der Waals surface area contributed by atoms with Gasteiger partial charge in [0.1, 0.15) is 5.75 Å². The molecule has 0 aliphatic rings. The van der Waals surface area contributed by atoms with Gasteiger partial charge in [-0.15, -0.1) is 0 Å². The molecule has 6 heteroatoms. The minimum atomic E-state index is -0.494. The first-order valence-corrected chi connectivity index (χ1v) is 8.63. The predicted molar refractivity (Wildman–Crippen MR) is 105 cm³/mol. The average molecular weight is 381 g/mol. The summed E-state index contributed by atoms with van der Waals surface area (Å²) in [5, 5.41) is 15.7. The van der Waals surface area contributed by atoms with E-state index in [1.807, 2.05) is 30.3 Å². The third-order valence-corrected chi connectivity index (χ3v) is 4.12. The van der Waals surface area contributed by atoms with Gasteiger partial charge < -0.3 is 15.7 Å². The maximum atomic E-state index is 12.3. The van der Waals surface area contributed by atoms with E-state index in [9.17, 15) is 14.7 Å². The van der Waals surface area contributed by atoms with Gasteiger partial charge in [-0.3, -0.25) is 9.59 Å². The number of hydrogen-bond donors (Lipinski definition) is 3. The fraction of sp³-hybridized carbons (Fsp3) is 0.0476. The lowest BCUT2D eigenvalue weighted by Crippen LogP contribution is -2.23. The SMILES string of the molecule is O=C(NCc1ccccc1)c1cccc(NC(=O)c2ccc(Cl)cc2O)c1. The minimum Gasteiger partial charge on any atom is -0.507 e. The standard InChI is InChI=1S/C21H17ClN2O3/c22-16-9-10-18(19(25)12-16)21(27)24-17-8-4-7-15(11-17)20(26)23-13-14-5-2-1-3-6-14/h1-12,25H,13H2,(H,23,26)(H,24,27). The van der Waals surface area contributed by atoms with E-state index in [1.54, 1.807) is 24.3 Å². The molecule has 3 aromatic rings. The lowest BCUT2D eigenvalue weighted by Gasteiger charge is -2.09. The molecule has 0 fully saturated rings. The third-order valence-electron chi connectivity index (χ3n) is 3.88. The summed E-state index contributed by atoms with van der Waals surface area (Å²) in [4.78, 5) is 24.7. The molecule has 2 amide bonds. The predicted octanol–water partition coefficient (Wildman–Crippen LogP) is 4.23. The molecule has 0 atom stereocenters. The fourth-order valence-electron chi connectivity index (χ4n) is 2.51. The summed E-state index contributed by atoms with van der Waals surface area (Å²) in [6.07, 6.45) is 0. The molecule has 0 aromatic heterocycles. The van der Waals surface area contributed by atoms with E-state index >= 15 is 0 Å². The van der Waals surface area contributed by atoms with Crippen LogP contribution in [0.3, 0.4) is 0 Å². The Hall–Kier alpha value is -3.31. The van der Waals surface area contributed by atoms with Crippen molar-refractivity contribution in [3.05, 3.63) is 94.5 Å². The van der Waals surface area contributed by atoms with E-state index in [1.165, 1.54) is 18.2 Å². The summed E-state index contributed by atoms with van der Waals surface area (Å²) < 4.78 is 0. The van der Waals surface area contributed by atoms with Crippen LogP contribution in [0.1, 0.15) is 26.3 Å². The molecule has 0 radical (unpaired) electrons. The molecule has 0 bridgehead atoms. The van der Waals surface area contributed by atoms with Crippen LogP contribution in [0.4, 0.5) is 5.69 Å². The van der Waals surface area contributed by atoms with Crippen molar-refractivity contribution < 1.29 is 14.7 Å². The number of anilines is 1. The number of nitrogens with one attached hydrogen (secondary N) is 2. The first kappa shape index (κ1) is 18.5. The highest BCUT2D eigenvalue weighted by Crippen LogP contribution is 2.23. The second-order valence-electron chi connectivity index (χ2n) is 5.86. The van der Waals surface area contributed by atoms with E-state index in [4.69, 9.17) is 11.6 Å². The van der Waals surface area contributed by atoms with Gasteiger partial charge in [0.25, 0.3) is 11.8 Å². The Kier molecular flexibility index (Phi) is 5.74. The Balaban J connectivity index is 1.67. The van der Waals surface area contributed by atoms with Crippen LogP contribution in [0, 0.1) is 0 Å². The Morgan fingerprint density at radius 2 is 1.67 bits per heavy atom. The second-order valence-corrected chi connectivity index (χ2v) is 6.30. The van der Waals surface area contributed by atoms with Gasteiger partial charge in [-0.1, -0.05) is 48.0 Å². The number of phenolic OH excluding ortho intramolecular Hbond substituents is 1. The normalized spacial score (nSPS) is 10.3. The van der Waals surface area contributed by atoms with Gasteiger partial charge in [-0.05, 0) is 42.0 Å². The Labute approximate surface area is 161 Å². The molecule has 0 saturated heterocycles. The summed E-state index contributed by atoms with van der Waals surface area (Å²) >= 11 is 5.78. The molecule has 5 nitrogen and oxygen atoms in total. The van der Waals surface area contributed by atoms with E-state index < -0.39 is 5.91 Å². The monoisotopic (exact) mass is 380 g/mol. The van der Waals surface area contributed by atoms with Crippen LogP contribution in [-0.4, -0.2) is 16.9 Å². The minimum absolute atomic E-state index is 0.0957. The van der Waals surface area contributed by atoms with Crippen molar-refractivity contribution in [2.75, 3.05) is 5.32 Å². The third kappa shape index (κ3) is 4.86. The Morgan fingerprint density at radius 3 is 2.41 bits per heavy atom. The number of benzene rings is 3. The first-order valence-electron chi connectivity index (χ1n) is 8.25. The molecule has 136 valence electrons. The molecule has 0 aliphatic carbocycles. The Morgan fingerprint density at radius 1 is 0.889 bits per heavy atom. The maximum Gasteiger partial charge on any atom is 0.259 e. The number of hydrogen-bond acceptors (Lipinski definition) is 3. The van der Waals surface area contributed by atoms with Gasteiger partial charge in [0.05, 0.1) is 5.56 Å². The highest BCUT2D eigenvalue weighted by atomic mass is 35.5. The summed E-state index contributed by atoms with van der Waals surface area (Å²) in [6.45, 7) is 0.412. The van der Waals surface area contributed by atoms with Crippen molar-refractivity contribution >= 4 is 29.1 Å². The van der Waals surface area contributed by atoms with Crippen molar-refractivity contribution in [2.24, 2.45) is 0 Å². The number of phenols is 1. The number of aromatic hydroxyl groups is 1. The molecule has 3 aromatic carbocycles. The highest BCUT2D eigenvalue weighted by molar-refractivity contribution is 6.31.